The number of carboxylic acids is 1. The van der Waals surface area contributed by atoms with E-state index in [-0.39, 0.29) is 5.82 Å². The van der Waals surface area contributed by atoms with Gasteiger partial charge in [0.25, 0.3) is 5.78 Å². The van der Waals surface area contributed by atoms with E-state index in [0.29, 0.717) is 5.78 Å². The molecule has 6 nitrogen and oxygen atoms in total. The van der Waals surface area contributed by atoms with Crippen molar-refractivity contribution in [2.24, 2.45) is 0 Å². The van der Waals surface area contributed by atoms with Gasteiger partial charge in [-0.25, -0.2) is 9.78 Å². The van der Waals surface area contributed by atoms with Gasteiger partial charge in [-0.15, -0.1) is 10.2 Å². The summed E-state index contributed by atoms with van der Waals surface area (Å²) >= 11 is 0. The number of aromatic nitrogens is 4. The molecule has 0 saturated carbocycles. The molecule has 0 unspecified atom stereocenters. The number of fused-ring (bicyclic) bond motifs is 1. The average Bonchev–Trinajstić information content (AvgIpc) is 2.46. The van der Waals surface area contributed by atoms with E-state index in [4.69, 9.17) is 5.11 Å². The summed E-state index contributed by atoms with van der Waals surface area (Å²) in [7, 11) is 0. The van der Waals surface area contributed by atoms with E-state index in [0.717, 1.165) is 5.69 Å². The van der Waals surface area contributed by atoms with Crippen LogP contribution < -0.4 is 0 Å². The third-order valence-corrected chi connectivity index (χ3v) is 1.61. The lowest BCUT2D eigenvalue weighted by Gasteiger charge is -1.94. The van der Waals surface area contributed by atoms with Gasteiger partial charge in [-0.2, -0.15) is 0 Å². The van der Waals surface area contributed by atoms with Gasteiger partial charge in [0.2, 0.25) is 5.82 Å². The zero-order chi connectivity index (χ0) is 9.42. The molecule has 2 aromatic rings. The monoisotopic (exact) mass is 178 g/mol. The smallest absolute Gasteiger partial charge is 0.374 e. The molecule has 6 heteroatoms. The molecule has 1 N–H and O–H groups in total. The normalized spacial score (nSPS) is 10.5. The molecule has 0 spiro atoms. The fourth-order valence-electron chi connectivity index (χ4n) is 1.02. The van der Waals surface area contributed by atoms with Crippen LogP contribution >= 0.6 is 0 Å². The highest BCUT2D eigenvalue weighted by molar-refractivity contribution is 5.84. The lowest BCUT2D eigenvalue weighted by Crippen LogP contribution is -2.03. The Balaban J connectivity index is 2.76. The summed E-state index contributed by atoms with van der Waals surface area (Å²) in [6.45, 7) is 1.80. The fraction of sp³-hybridized carbons (Fsp3) is 0.143. The Labute approximate surface area is 72.9 Å². The van der Waals surface area contributed by atoms with Crippen molar-refractivity contribution in [2.75, 3.05) is 0 Å². The Kier molecular flexibility index (Phi) is 1.48. The molecular formula is C7H6N4O2. The van der Waals surface area contributed by atoms with Crippen LogP contribution in [0.3, 0.4) is 0 Å². The minimum Gasteiger partial charge on any atom is -0.475 e. The van der Waals surface area contributed by atoms with Gasteiger partial charge < -0.3 is 5.11 Å². The van der Waals surface area contributed by atoms with Crippen molar-refractivity contribution in [3.05, 3.63) is 23.8 Å². The van der Waals surface area contributed by atoms with Crippen LogP contribution in [-0.4, -0.2) is 30.7 Å². The average molecular weight is 178 g/mol. The van der Waals surface area contributed by atoms with Gasteiger partial charge in [0, 0.05) is 11.9 Å². The largest absolute Gasteiger partial charge is 0.475 e. The highest BCUT2D eigenvalue weighted by Gasteiger charge is 2.12. The van der Waals surface area contributed by atoms with Gasteiger partial charge in [-0.3, -0.25) is 4.40 Å². The van der Waals surface area contributed by atoms with E-state index in [9.17, 15) is 4.79 Å². The van der Waals surface area contributed by atoms with Crippen molar-refractivity contribution in [3.63, 3.8) is 0 Å². The van der Waals surface area contributed by atoms with Gasteiger partial charge in [-0.1, -0.05) is 0 Å². The maximum Gasteiger partial charge on any atom is 0.374 e. The zero-order valence-corrected chi connectivity index (χ0v) is 6.80. The molecule has 0 aliphatic rings. The molecule has 13 heavy (non-hydrogen) atoms. The second-order valence-corrected chi connectivity index (χ2v) is 2.57. The minimum absolute atomic E-state index is 0.123. The van der Waals surface area contributed by atoms with Crippen LogP contribution in [0.5, 0.6) is 0 Å². The zero-order valence-electron chi connectivity index (χ0n) is 6.80. The molecule has 0 aliphatic heterocycles. The van der Waals surface area contributed by atoms with Crippen LogP contribution in [0.25, 0.3) is 5.78 Å². The Morgan fingerprint density at radius 2 is 2.31 bits per heavy atom. The van der Waals surface area contributed by atoms with Gasteiger partial charge in [0.15, 0.2) is 0 Å². The first-order valence-corrected chi connectivity index (χ1v) is 3.60. The summed E-state index contributed by atoms with van der Waals surface area (Å²) < 4.78 is 1.33. The van der Waals surface area contributed by atoms with Crippen LogP contribution in [0, 0.1) is 6.92 Å². The van der Waals surface area contributed by atoms with Gasteiger partial charge >= 0.3 is 5.97 Å². The van der Waals surface area contributed by atoms with Crippen molar-refractivity contribution in [2.45, 2.75) is 6.92 Å². The summed E-state index contributed by atoms with van der Waals surface area (Å²) in [5, 5.41) is 15.8. The maximum absolute atomic E-state index is 10.6. The molecule has 0 aromatic carbocycles. The Bertz CT molecular complexity index is 476. The van der Waals surface area contributed by atoms with E-state index in [1.165, 1.54) is 4.40 Å². The highest BCUT2D eigenvalue weighted by atomic mass is 16.4. The molecule has 66 valence electrons. The summed E-state index contributed by atoms with van der Waals surface area (Å²) in [4.78, 5) is 14.6. The summed E-state index contributed by atoms with van der Waals surface area (Å²) in [5.74, 6) is -0.932. The van der Waals surface area contributed by atoms with Crippen LogP contribution in [0.15, 0.2) is 12.3 Å². The van der Waals surface area contributed by atoms with Crippen molar-refractivity contribution >= 4 is 11.7 Å². The van der Waals surface area contributed by atoms with Crippen molar-refractivity contribution in [1.29, 1.82) is 0 Å². The molecular weight excluding hydrogens is 172 g/mol. The predicted molar refractivity (Wildman–Crippen MR) is 42.5 cm³/mol. The van der Waals surface area contributed by atoms with E-state index < -0.39 is 5.97 Å². The van der Waals surface area contributed by atoms with Crippen molar-refractivity contribution in [1.82, 2.24) is 19.6 Å². The second-order valence-electron chi connectivity index (χ2n) is 2.57. The first-order valence-electron chi connectivity index (χ1n) is 3.60. The topological polar surface area (TPSA) is 80.4 Å². The molecule has 0 radical (unpaired) electrons. The number of aryl methyl sites for hydroxylation is 1. The van der Waals surface area contributed by atoms with Gasteiger partial charge in [-0.05, 0) is 13.0 Å². The molecule has 0 aliphatic carbocycles. The second kappa shape index (κ2) is 2.51. The molecule has 0 saturated heterocycles. The Hall–Kier alpha value is -1.98. The first kappa shape index (κ1) is 7.66. The molecule has 2 rings (SSSR count). The third-order valence-electron chi connectivity index (χ3n) is 1.61. The summed E-state index contributed by atoms with van der Waals surface area (Å²) in [5.41, 5.74) is 0.775. The summed E-state index contributed by atoms with van der Waals surface area (Å²) in [6, 6.07) is 1.70. The van der Waals surface area contributed by atoms with Crippen LogP contribution in [-0.2, 0) is 0 Å². The number of aromatic carboxylic acids is 1. The number of nitrogens with zero attached hydrogens (tertiary/aromatic N) is 4. The van der Waals surface area contributed by atoms with E-state index in [1.54, 1.807) is 19.2 Å². The maximum atomic E-state index is 10.6. The molecule has 0 fully saturated rings. The molecule has 2 aromatic heterocycles. The number of hydrogen-bond acceptors (Lipinski definition) is 4. The fourth-order valence-corrected chi connectivity index (χ4v) is 1.02. The van der Waals surface area contributed by atoms with Gasteiger partial charge in [0.05, 0.1) is 0 Å². The molecule has 0 bridgehead atoms. The Morgan fingerprint density at radius 1 is 1.54 bits per heavy atom. The number of hydrogen-bond donors (Lipinski definition) is 1. The van der Waals surface area contributed by atoms with Crippen molar-refractivity contribution in [3.8, 4) is 0 Å². The van der Waals surface area contributed by atoms with E-state index in [1.807, 2.05) is 0 Å². The molecule has 0 amide bonds. The first-order chi connectivity index (χ1) is 6.18. The lowest BCUT2D eigenvalue weighted by atomic mass is 10.4. The van der Waals surface area contributed by atoms with E-state index in [2.05, 4.69) is 15.2 Å². The lowest BCUT2D eigenvalue weighted by molar-refractivity contribution is 0.0682. The van der Waals surface area contributed by atoms with Crippen LogP contribution in [0.2, 0.25) is 0 Å². The number of carboxylic acid groups (broad SMARTS) is 1. The third kappa shape index (κ3) is 1.12. The standard InChI is InChI=1S/C7H6N4O2/c1-4-2-3-11-5(6(12)13)9-10-7(11)8-4/h2-3H,1H3,(H,12,13). The molecule has 0 atom stereocenters. The van der Waals surface area contributed by atoms with Gasteiger partial charge in [0.1, 0.15) is 0 Å². The van der Waals surface area contributed by atoms with Crippen LogP contribution in [0.1, 0.15) is 16.3 Å². The predicted octanol–water partition coefficient (Wildman–Crippen LogP) is 0.131. The van der Waals surface area contributed by atoms with Crippen molar-refractivity contribution < 1.29 is 9.90 Å². The Morgan fingerprint density at radius 3 is 3.00 bits per heavy atom. The summed E-state index contributed by atoms with van der Waals surface area (Å²) in [6.07, 6.45) is 1.58. The quantitative estimate of drug-likeness (QED) is 0.671. The number of rotatable bonds is 1. The van der Waals surface area contributed by atoms with E-state index >= 15 is 0 Å². The number of carbonyl (C=O) groups is 1. The highest BCUT2D eigenvalue weighted by Crippen LogP contribution is 2.01. The van der Waals surface area contributed by atoms with Crippen LogP contribution in [0.4, 0.5) is 0 Å². The minimum atomic E-state index is -1.11. The SMILES string of the molecule is Cc1ccn2c(C(=O)O)nnc2n1. The molecule has 2 heterocycles.